The summed E-state index contributed by atoms with van der Waals surface area (Å²) in [5, 5.41) is 19.9. The van der Waals surface area contributed by atoms with Gasteiger partial charge in [0.15, 0.2) is 0 Å². The van der Waals surface area contributed by atoms with Crippen molar-refractivity contribution < 1.29 is 43.3 Å². The lowest BCUT2D eigenvalue weighted by molar-refractivity contribution is -0.140. The van der Waals surface area contributed by atoms with Crippen molar-refractivity contribution >= 4 is 40.9 Å². The number of amides is 4. The highest BCUT2D eigenvalue weighted by Gasteiger charge is 2.68. The van der Waals surface area contributed by atoms with E-state index in [1.54, 1.807) is 31.2 Å². The number of anilines is 1. The summed E-state index contributed by atoms with van der Waals surface area (Å²) in [6.07, 6.45) is 2.67. The smallest absolute Gasteiger partial charge is 0.241 e. The number of benzene rings is 3. The fourth-order valence-electron chi connectivity index (χ4n) is 8.59. The van der Waals surface area contributed by atoms with Crippen LogP contribution >= 0.6 is 11.6 Å². The second-order valence-electron chi connectivity index (χ2n) is 13.3. The third-order valence-electron chi connectivity index (χ3n) is 10.9. The number of hydrogen-bond acceptors (Lipinski definition) is 8. The van der Waals surface area contributed by atoms with Gasteiger partial charge in [0, 0.05) is 30.2 Å². The lowest BCUT2D eigenvalue weighted by Gasteiger charge is -2.49. The van der Waals surface area contributed by atoms with Crippen molar-refractivity contribution in [2.24, 2.45) is 29.1 Å². The Morgan fingerprint density at radius 1 is 0.898 bits per heavy atom. The summed E-state index contributed by atoms with van der Waals surface area (Å²) in [5.41, 5.74) is 0.662. The van der Waals surface area contributed by atoms with Crippen LogP contribution in [0.5, 0.6) is 23.0 Å². The van der Waals surface area contributed by atoms with E-state index in [4.69, 9.17) is 21.1 Å². The largest absolute Gasteiger partial charge is 0.508 e. The standard InChI is InChI=1S/C37H34ClFN2O8/c1-37-25(34(45)41(36(37)47)19-6-11-27(39)26(38)14-19)17-24-22(32(37)31-28(48-2)15-21(43)16-29(31)49-3)9-10-23-30(24)35(46)40(33(23)44)13-12-18-4-7-20(42)8-5-18/h4-9,11,14-16,23-25,30,32,42-43H,10,12-13,17H2,1-3H3/t23-,24+,25-,30-,32+,37+/m0/s1. The Hall–Kier alpha value is -4.90. The van der Waals surface area contributed by atoms with E-state index in [1.165, 1.54) is 43.4 Å². The fraction of sp³-hybridized carbons (Fsp3) is 0.351. The van der Waals surface area contributed by atoms with Crippen LogP contribution in [-0.4, -0.2) is 59.5 Å². The topological polar surface area (TPSA) is 134 Å². The number of phenolic OH excluding ortho intramolecular Hbond substituents is 2. The summed E-state index contributed by atoms with van der Waals surface area (Å²) < 4.78 is 25.7. The number of likely N-dealkylation sites (tertiary alicyclic amines) is 1. The maximum atomic E-state index is 14.7. The fourth-order valence-corrected chi connectivity index (χ4v) is 8.77. The van der Waals surface area contributed by atoms with Gasteiger partial charge in [0.2, 0.25) is 23.6 Å². The van der Waals surface area contributed by atoms with E-state index in [0.29, 0.717) is 17.6 Å². The van der Waals surface area contributed by atoms with Crippen LogP contribution in [0.2, 0.25) is 5.02 Å². The summed E-state index contributed by atoms with van der Waals surface area (Å²) in [6.45, 7) is 1.85. The van der Waals surface area contributed by atoms with Gasteiger partial charge in [-0.05, 0) is 68.0 Å². The molecule has 0 bridgehead atoms. The van der Waals surface area contributed by atoms with E-state index in [-0.39, 0.29) is 64.9 Å². The van der Waals surface area contributed by atoms with Gasteiger partial charge in [0.25, 0.3) is 0 Å². The van der Waals surface area contributed by atoms with Crippen molar-refractivity contribution in [3.8, 4) is 23.0 Å². The molecule has 49 heavy (non-hydrogen) atoms. The van der Waals surface area contributed by atoms with Crippen molar-refractivity contribution in [3.63, 3.8) is 0 Å². The molecule has 12 heteroatoms. The quantitative estimate of drug-likeness (QED) is 0.250. The van der Waals surface area contributed by atoms with Crippen molar-refractivity contribution in [2.75, 3.05) is 25.7 Å². The van der Waals surface area contributed by atoms with Crippen LogP contribution in [0.25, 0.3) is 0 Å². The van der Waals surface area contributed by atoms with Gasteiger partial charge in [-0.3, -0.25) is 24.1 Å². The van der Waals surface area contributed by atoms with Crippen LogP contribution in [0, 0.1) is 34.9 Å². The first-order valence-corrected chi connectivity index (χ1v) is 16.4. The third kappa shape index (κ3) is 4.88. The number of rotatable bonds is 7. The molecule has 254 valence electrons. The summed E-state index contributed by atoms with van der Waals surface area (Å²) >= 11 is 6.09. The number of halogens is 2. The molecule has 0 aromatic heterocycles. The molecule has 2 N–H and O–H groups in total. The molecule has 4 aliphatic rings. The Balaban J connectivity index is 1.34. The molecule has 10 nitrogen and oxygen atoms in total. The van der Waals surface area contributed by atoms with Crippen molar-refractivity contribution in [1.82, 2.24) is 4.90 Å². The zero-order valence-electron chi connectivity index (χ0n) is 27.0. The average Bonchev–Trinajstić information content (AvgIpc) is 3.44. The normalized spacial score (nSPS) is 27.5. The van der Waals surface area contributed by atoms with E-state index in [1.807, 2.05) is 6.08 Å². The Kier molecular flexibility index (Phi) is 7.93. The number of carbonyl (C=O) groups excluding carboxylic acids is 4. The second-order valence-corrected chi connectivity index (χ2v) is 13.7. The van der Waals surface area contributed by atoms with Crippen LogP contribution in [0.15, 0.2) is 66.2 Å². The molecule has 4 amide bonds. The number of nitrogens with zero attached hydrogens (tertiary/aromatic N) is 2. The number of carbonyl (C=O) groups is 4. The lowest BCUT2D eigenvalue weighted by Crippen LogP contribution is -2.49. The summed E-state index contributed by atoms with van der Waals surface area (Å²) in [7, 11) is 2.84. The van der Waals surface area contributed by atoms with Crippen molar-refractivity contribution in [2.45, 2.75) is 32.1 Å². The number of aromatic hydroxyl groups is 2. The van der Waals surface area contributed by atoms with E-state index < -0.39 is 52.6 Å². The number of hydrogen-bond donors (Lipinski definition) is 2. The number of methoxy groups -OCH3 is 2. The van der Waals surface area contributed by atoms with Gasteiger partial charge < -0.3 is 19.7 Å². The molecule has 1 saturated carbocycles. The number of fused-ring (bicyclic) bond motifs is 4. The Morgan fingerprint density at radius 3 is 2.20 bits per heavy atom. The van der Waals surface area contributed by atoms with Crippen molar-refractivity contribution in [1.29, 1.82) is 0 Å². The molecule has 2 aliphatic heterocycles. The van der Waals surface area contributed by atoms with Gasteiger partial charge in [-0.2, -0.15) is 0 Å². The molecule has 3 aromatic carbocycles. The summed E-state index contributed by atoms with van der Waals surface area (Å²) in [4.78, 5) is 59.5. The number of ether oxygens (including phenoxy) is 2. The Morgan fingerprint density at radius 2 is 1.57 bits per heavy atom. The Labute approximate surface area is 286 Å². The second kappa shape index (κ2) is 11.9. The average molecular weight is 689 g/mol. The molecule has 0 unspecified atom stereocenters. The lowest BCUT2D eigenvalue weighted by atomic mass is 9.51. The zero-order valence-corrected chi connectivity index (χ0v) is 27.7. The van der Waals surface area contributed by atoms with Crippen LogP contribution < -0.4 is 14.4 Å². The minimum Gasteiger partial charge on any atom is -0.508 e. The molecule has 2 saturated heterocycles. The first kappa shape index (κ1) is 32.6. The van der Waals surface area contributed by atoms with Crippen LogP contribution in [-0.2, 0) is 25.6 Å². The van der Waals surface area contributed by atoms with Crippen LogP contribution in [0.1, 0.15) is 36.8 Å². The van der Waals surface area contributed by atoms with Crippen molar-refractivity contribution in [3.05, 3.63) is 88.2 Å². The van der Waals surface area contributed by atoms with E-state index >= 15 is 0 Å². The molecule has 0 radical (unpaired) electrons. The summed E-state index contributed by atoms with van der Waals surface area (Å²) in [5.74, 6) is -5.81. The predicted molar refractivity (Wildman–Crippen MR) is 176 cm³/mol. The predicted octanol–water partition coefficient (Wildman–Crippen LogP) is 5.38. The molecular weight excluding hydrogens is 655 g/mol. The van der Waals surface area contributed by atoms with Gasteiger partial charge in [-0.15, -0.1) is 0 Å². The number of phenols is 2. The van der Waals surface area contributed by atoms with Gasteiger partial charge in [-0.25, -0.2) is 9.29 Å². The molecule has 3 fully saturated rings. The minimum atomic E-state index is -1.44. The molecule has 6 atom stereocenters. The van der Waals surface area contributed by atoms with E-state index in [9.17, 15) is 33.8 Å². The highest BCUT2D eigenvalue weighted by atomic mass is 35.5. The molecule has 7 rings (SSSR count). The van der Waals surface area contributed by atoms with Gasteiger partial charge in [0.05, 0.1) is 48.1 Å². The third-order valence-corrected chi connectivity index (χ3v) is 11.2. The van der Waals surface area contributed by atoms with Gasteiger partial charge >= 0.3 is 0 Å². The summed E-state index contributed by atoms with van der Waals surface area (Å²) in [6, 6.07) is 13.0. The number of imide groups is 2. The van der Waals surface area contributed by atoms with Gasteiger partial charge in [0.1, 0.15) is 28.8 Å². The van der Waals surface area contributed by atoms with E-state index in [2.05, 4.69) is 0 Å². The molecule has 3 aromatic rings. The van der Waals surface area contributed by atoms with E-state index in [0.717, 1.165) is 16.5 Å². The highest BCUT2D eigenvalue weighted by Crippen LogP contribution is 2.65. The monoisotopic (exact) mass is 688 g/mol. The SMILES string of the molecule is COc1cc(O)cc(OC)c1[C@H]1C2=CC[C@@H]3C(=O)N(CCc4ccc(O)cc4)C(=O)[C@@H]3[C@@H]2C[C@H]2C(=O)N(c3ccc(F)c(Cl)c3)C(=O)[C@@]12C. The molecule has 2 heterocycles. The molecular formula is C37H34ClFN2O8. The first-order chi connectivity index (χ1) is 23.4. The Bertz CT molecular complexity index is 1920. The maximum Gasteiger partial charge on any atom is 0.241 e. The minimum absolute atomic E-state index is 0.114. The maximum absolute atomic E-state index is 14.7. The van der Waals surface area contributed by atoms with Crippen LogP contribution in [0.3, 0.4) is 0 Å². The highest BCUT2D eigenvalue weighted by molar-refractivity contribution is 6.31. The number of allylic oxidation sites excluding steroid dienone is 2. The van der Waals surface area contributed by atoms with Gasteiger partial charge in [-0.1, -0.05) is 35.4 Å². The molecule has 2 aliphatic carbocycles. The van der Waals surface area contributed by atoms with Crippen LogP contribution in [0.4, 0.5) is 10.1 Å². The zero-order chi connectivity index (χ0) is 34.9. The molecule has 0 spiro atoms. The first-order valence-electron chi connectivity index (χ1n) is 16.0.